The van der Waals surface area contributed by atoms with E-state index in [0.29, 0.717) is 6.54 Å². The lowest BCUT2D eigenvalue weighted by molar-refractivity contribution is 0.268. The fraction of sp³-hybridized carbons (Fsp3) is 0.500. The van der Waals surface area contributed by atoms with Crippen LogP contribution in [0.25, 0.3) is 0 Å². The third-order valence-corrected chi connectivity index (χ3v) is 6.40. The Labute approximate surface area is 119 Å². The van der Waals surface area contributed by atoms with Gasteiger partial charge in [0, 0.05) is 12.6 Å². The number of nitrogens with zero attached hydrogens (tertiary/aromatic N) is 1. The second-order valence-corrected chi connectivity index (χ2v) is 8.43. The molecule has 1 saturated heterocycles. The fourth-order valence-corrected chi connectivity index (χ4v) is 4.76. The molecule has 112 valence electrons. The standard InChI is InChI=1S/C12H18N2O4S2/c1-10-5-2-3-8-14(10)20(17,18)12-7-4-6-11(9-12)19(13,15)16/h4,6-7,9-10H,2-3,5,8H2,1H3,(H2,13,15,16). The van der Waals surface area contributed by atoms with Crippen LogP contribution in [-0.2, 0) is 20.0 Å². The maximum atomic E-state index is 12.6. The molecule has 1 unspecified atom stereocenters. The lowest BCUT2D eigenvalue weighted by Crippen LogP contribution is -2.41. The van der Waals surface area contributed by atoms with Crippen LogP contribution in [0.3, 0.4) is 0 Å². The number of sulfonamides is 2. The van der Waals surface area contributed by atoms with Gasteiger partial charge in [-0.05, 0) is 38.0 Å². The Balaban J connectivity index is 2.44. The van der Waals surface area contributed by atoms with Gasteiger partial charge < -0.3 is 0 Å². The molecule has 1 heterocycles. The first-order valence-corrected chi connectivity index (χ1v) is 9.36. The smallest absolute Gasteiger partial charge is 0.225 e. The summed E-state index contributed by atoms with van der Waals surface area (Å²) in [6.45, 7) is 2.32. The SMILES string of the molecule is CC1CCCCN1S(=O)(=O)c1cccc(S(N)(=O)=O)c1. The first-order valence-electron chi connectivity index (χ1n) is 6.37. The van der Waals surface area contributed by atoms with E-state index in [1.54, 1.807) is 0 Å². The molecule has 0 saturated carbocycles. The summed E-state index contributed by atoms with van der Waals surface area (Å²) in [5.41, 5.74) is 0. The number of primary sulfonamides is 1. The summed E-state index contributed by atoms with van der Waals surface area (Å²) in [5.74, 6) is 0. The third-order valence-electron chi connectivity index (χ3n) is 3.48. The van der Waals surface area contributed by atoms with Crippen LogP contribution in [0, 0.1) is 0 Å². The molecule has 1 aliphatic heterocycles. The van der Waals surface area contributed by atoms with Crippen molar-refractivity contribution < 1.29 is 16.8 Å². The summed E-state index contributed by atoms with van der Waals surface area (Å²) in [7, 11) is -7.59. The quantitative estimate of drug-likeness (QED) is 0.895. The van der Waals surface area contributed by atoms with Crippen molar-refractivity contribution in [3.8, 4) is 0 Å². The van der Waals surface area contributed by atoms with E-state index in [9.17, 15) is 16.8 Å². The minimum absolute atomic E-state index is 0.0298. The highest BCUT2D eigenvalue weighted by Gasteiger charge is 2.31. The van der Waals surface area contributed by atoms with Gasteiger partial charge in [0.05, 0.1) is 9.79 Å². The summed E-state index contributed by atoms with van der Waals surface area (Å²) in [4.78, 5) is -0.221. The summed E-state index contributed by atoms with van der Waals surface area (Å²) in [5, 5.41) is 5.04. The van der Waals surface area contributed by atoms with Crippen LogP contribution < -0.4 is 5.14 Å². The van der Waals surface area contributed by atoms with Crippen LogP contribution >= 0.6 is 0 Å². The Bertz CT molecular complexity index is 698. The predicted octanol–water partition coefficient (Wildman–Crippen LogP) is 0.897. The van der Waals surface area contributed by atoms with Crippen molar-refractivity contribution >= 4 is 20.0 Å². The monoisotopic (exact) mass is 318 g/mol. The molecule has 1 fully saturated rings. The molecule has 2 N–H and O–H groups in total. The highest BCUT2D eigenvalue weighted by molar-refractivity contribution is 7.90. The molecule has 0 bridgehead atoms. The summed E-state index contributed by atoms with van der Waals surface area (Å²) >= 11 is 0. The maximum Gasteiger partial charge on any atom is 0.243 e. The van der Waals surface area contributed by atoms with Crippen molar-refractivity contribution in [2.75, 3.05) is 6.54 Å². The van der Waals surface area contributed by atoms with E-state index in [1.807, 2.05) is 6.92 Å². The van der Waals surface area contributed by atoms with Gasteiger partial charge in [-0.1, -0.05) is 12.5 Å². The Morgan fingerprint density at radius 1 is 1.15 bits per heavy atom. The first-order chi connectivity index (χ1) is 9.23. The molecule has 0 amide bonds. The van der Waals surface area contributed by atoms with E-state index in [4.69, 9.17) is 5.14 Å². The molecule has 8 heteroatoms. The average Bonchev–Trinajstić information content (AvgIpc) is 2.38. The van der Waals surface area contributed by atoms with Gasteiger partial charge in [-0.2, -0.15) is 4.31 Å². The van der Waals surface area contributed by atoms with Crippen molar-refractivity contribution in [3.05, 3.63) is 24.3 Å². The number of hydrogen-bond donors (Lipinski definition) is 1. The number of hydrogen-bond acceptors (Lipinski definition) is 4. The van der Waals surface area contributed by atoms with Crippen LogP contribution in [0.4, 0.5) is 0 Å². The van der Waals surface area contributed by atoms with Gasteiger partial charge in [0.25, 0.3) is 0 Å². The van der Waals surface area contributed by atoms with Gasteiger partial charge in [-0.15, -0.1) is 0 Å². The number of benzene rings is 1. The highest BCUT2D eigenvalue weighted by atomic mass is 32.2. The number of nitrogens with two attached hydrogens (primary N) is 1. The number of rotatable bonds is 3. The van der Waals surface area contributed by atoms with Crippen molar-refractivity contribution in [3.63, 3.8) is 0 Å². The zero-order valence-corrected chi connectivity index (χ0v) is 12.8. The van der Waals surface area contributed by atoms with E-state index < -0.39 is 20.0 Å². The van der Waals surface area contributed by atoms with Crippen LogP contribution in [0.5, 0.6) is 0 Å². The maximum absolute atomic E-state index is 12.6. The molecule has 0 spiro atoms. The molecule has 6 nitrogen and oxygen atoms in total. The predicted molar refractivity (Wildman–Crippen MR) is 75.0 cm³/mol. The van der Waals surface area contributed by atoms with Crippen LogP contribution in [0.15, 0.2) is 34.1 Å². The van der Waals surface area contributed by atoms with E-state index in [2.05, 4.69) is 0 Å². The molecule has 0 aromatic heterocycles. The second-order valence-electron chi connectivity index (χ2n) is 4.98. The Morgan fingerprint density at radius 3 is 2.40 bits per heavy atom. The second kappa shape index (κ2) is 5.44. The molecular formula is C12H18N2O4S2. The molecule has 1 atom stereocenters. The molecule has 20 heavy (non-hydrogen) atoms. The van der Waals surface area contributed by atoms with Crippen molar-refractivity contribution in [2.24, 2.45) is 5.14 Å². The topological polar surface area (TPSA) is 97.5 Å². The van der Waals surface area contributed by atoms with Crippen LogP contribution in [0.2, 0.25) is 0 Å². The van der Waals surface area contributed by atoms with Crippen LogP contribution in [-0.4, -0.2) is 33.7 Å². The van der Waals surface area contributed by atoms with E-state index in [-0.39, 0.29) is 15.8 Å². The summed E-state index contributed by atoms with van der Waals surface area (Å²) < 4.78 is 49.2. The minimum atomic E-state index is -3.91. The normalized spacial score (nSPS) is 21.8. The van der Waals surface area contributed by atoms with E-state index >= 15 is 0 Å². The zero-order valence-electron chi connectivity index (χ0n) is 11.2. The van der Waals surface area contributed by atoms with Gasteiger partial charge in [-0.3, -0.25) is 0 Å². The third kappa shape index (κ3) is 3.03. The Kier molecular flexibility index (Phi) is 4.19. The molecular weight excluding hydrogens is 300 g/mol. The molecule has 0 aliphatic carbocycles. The van der Waals surface area contributed by atoms with E-state index in [1.165, 1.54) is 22.5 Å². The largest absolute Gasteiger partial charge is 0.243 e. The van der Waals surface area contributed by atoms with Crippen LogP contribution in [0.1, 0.15) is 26.2 Å². The Morgan fingerprint density at radius 2 is 1.80 bits per heavy atom. The zero-order chi connectivity index (χ0) is 15.0. The van der Waals surface area contributed by atoms with E-state index in [0.717, 1.165) is 25.3 Å². The highest BCUT2D eigenvalue weighted by Crippen LogP contribution is 2.26. The lowest BCUT2D eigenvalue weighted by Gasteiger charge is -2.32. The fourth-order valence-electron chi connectivity index (χ4n) is 2.38. The van der Waals surface area contributed by atoms with Crippen molar-refractivity contribution in [2.45, 2.75) is 42.0 Å². The summed E-state index contributed by atoms with van der Waals surface area (Å²) in [6, 6.07) is 5.11. The van der Waals surface area contributed by atoms with Gasteiger partial charge in [0.1, 0.15) is 0 Å². The lowest BCUT2D eigenvalue weighted by atomic mass is 10.1. The average molecular weight is 318 g/mol. The van der Waals surface area contributed by atoms with Crippen molar-refractivity contribution in [1.29, 1.82) is 0 Å². The van der Waals surface area contributed by atoms with Gasteiger partial charge >= 0.3 is 0 Å². The molecule has 1 aromatic carbocycles. The van der Waals surface area contributed by atoms with Gasteiger partial charge in [0.2, 0.25) is 20.0 Å². The van der Waals surface area contributed by atoms with Gasteiger partial charge in [-0.25, -0.2) is 22.0 Å². The number of piperidine rings is 1. The summed E-state index contributed by atoms with van der Waals surface area (Å²) in [6.07, 6.45) is 2.64. The Hall–Kier alpha value is -0.960. The molecule has 1 aromatic rings. The van der Waals surface area contributed by atoms with Crippen molar-refractivity contribution in [1.82, 2.24) is 4.31 Å². The molecule has 0 radical (unpaired) electrons. The molecule has 1 aliphatic rings. The minimum Gasteiger partial charge on any atom is -0.225 e. The van der Waals surface area contributed by atoms with Gasteiger partial charge in [0.15, 0.2) is 0 Å². The molecule has 2 rings (SSSR count). The first kappa shape index (κ1) is 15.4.